The molecule has 0 saturated carbocycles. The molecule has 1 heterocycles. The fourth-order valence-corrected chi connectivity index (χ4v) is 1.59. The largest absolute Gasteiger partial charge is 0.573 e. The van der Waals surface area contributed by atoms with E-state index in [2.05, 4.69) is 41.6 Å². The first kappa shape index (κ1) is 11.8. The van der Waals surface area contributed by atoms with E-state index in [1.54, 1.807) is 0 Å². The van der Waals surface area contributed by atoms with Crippen LogP contribution in [0, 0.1) is 0 Å². The van der Waals surface area contributed by atoms with Crippen LogP contribution < -0.4 is 4.74 Å². The fraction of sp³-hybridized carbons (Fsp3) is 0.286. The molecule has 0 fully saturated rings. The Morgan fingerprint density at radius 2 is 2.07 bits per heavy atom. The molecule has 0 N–H and O–H groups in total. The lowest BCUT2D eigenvalue weighted by molar-refractivity contribution is -0.275. The summed E-state index contributed by atoms with van der Waals surface area (Å²) in [6.45, 7) is 0. The van der Waals surface area contributed by atoms with Crippen molar-refractivity contribution in [3.63, 3.8) is 0 Å². The first-order chi connectivity index (χ1) is 6.42. The van der Waals surface area contributed by atoms with Gasteiger partial charge in [-0.15, -0.1) is 13.2 Å². The summed E-state index contributed by atoms with van der Waals surface area (Å²) in [6.07, 6.45) is -3.67. The summed E-state index contributed by atoms with van der Waals surface area (Å²) >= 11 is 6.10. The van der Waals surface area contributed by atoms with Gasteiger partial charge < -0.3 is 4.74 Å². The molecule has 0 aliphatic heterocycles. The van der Waals surface area contributed by atoms with E-state index >= 15 is 0 Å². The van der Waals surface area contributed by atoms with Gasteiger partial charge in [0, 0.05) is 10.9 Å². The van der Waals surface area contributed by atoms with Gasteiger partial charge in [0.1, 0.15) is 4.60 Å². The van der Waals surface area contributed by atoms with E-state index in [-0.39, 0.29) is 11.1 Å². The van der Waals surface area contributed by atoms with E-state index in [4.69, 9.17) is 0 Å². The predicted molar refractivity (Wildman–Crippen MR) is 51.3 cm³/mol. The third-order valence-corrected chi connectivity index (χ3v) is 2.32. The molecule has 14 heavy (non-hydrogen) atoms. The molecule has 0 aliphatic rings. The van der Waals surface area contributed by atoms with Crippen molar-refractivity contribution in [2.24, 2.45) is 0 Å². The molecular weight excluding hydrogens is 331 g/mol. The number of aromatic nitrogens is 1. The molecular formula is C7H4Br2F3NO. The first-order valence-electron chi connectivity index (χ1n) is 3.38. The van der Waals surface area contributed by atoms with E-state index < -0.39 is 6.36 Å². The van der Waals surface area contributed by atoms with Crippen LogP contribution in [0.2, 0.25) is 0 Å². The third-order valence-electron chi connectivity index (χ3n) is 1.28. The van der Waals surface area contributed by atoms with E-state index in [9.17, 15) is 13.2 Å². The van der Waals surface area contributed by atoms with Gasteiger partial charge in [-0.2, -0.15) is 0 Å². The molecule has 0 radical (unpaired) electrons. The average molecular weight is 335 g/mol. The maximum atomic E-state index is 11.9. The van der Waals surface area contributed by atoms with Crippen LogP contribution in [0.4, 0.5) is 13.2 Å². The second-order valence-corrected chi connectivity index (χ2v) is 3.67. The van der Waals surface area contributed by atoms with E-state index in [0.717, 1.165) is 6.20 Å². The maximum Gasteiger partial charge on any atom is 0.573 e. The summed E-state index contributed by atoms with van der Waals surface area (Å²) in [5.74, 6) is -0.294. The zero-order valence-corrected chi connectivity index (χ0v) is 9.78. The summed E-state index contributed by atoms with van der Waals surface area (Å²) < 4.78 is 39.9. The Labute approximate surface area is 94.7 Å². The van der Waals surface area contributed by atoms with Crippen molar-refractivity contribution < 1.29 is 17.9 Å². The Hall–Kier alpha value is -0.300. The van der Waals surface area contributed by atoms with Crippen molar-refractivity contribution in [3.05, 3.63) is 22.4 Å². The minimum Gasteiger partial charge on any atom is -0.404 e. The molecule has 78 valence electrons. The fourth-order valence-electron chi connectivity index (χ4n) is 0.776. The van der Waals surface area contributed by atoms with Crippen LogP contribution in [0.25, 0.3) is 0 Å². The van der Waals surface area contributed by atoms with Crippen LogP contribution in [-0.4, -0.2) is 11.3 Å². The molecule has 1 rings (SSSR count). The molecule has 0 aliphatic carbocycles. The molecule has 0 saturated heterocycles. The number of hydrogen-bond acceptors (Lipinski definition) is 2. The Bertz CT molecular complexity index is 329. The highest BCUT2D eigenvalue weighted by molar-refractivity contribution is 9.10. The molecule has 0 aromatic carbocycles. The van der Waals surface area contributed by atoms with Crippen LogP contribution in [0.15, 0.2) is 16.9 Å². The molecule has 0 amide bonds. The Kier molecular flexibility index (Phi) is 3.77. The van der Waals surface area contributed by atoms with Crippen molar-refractivity contribution in [1.29, 1.82) is 0 Å². The molecule has 7 heteroatoms. The lowest BCUT2D eigenvalue weighted by atomic mass is 10.3. The Morgan fingerprint density at radius 1 is 1.43 bits per heavy atom. The van der Waals surface area contributed by atoms with Crippen molar-refractivity contribution in [2.45, 2.75) is 11.7 Å². The van der Waals surface area contributed by atoms with Crippen molar-refractivity contribution in [2.75, 3.05) is 0 Å². The molecule has 0 bridgehead atoms. The Balaban J connectivity index is 2.97. The third kappa shape index (κ3) is 3.45. The normalized spacial score (nSPS) is 11.5. The average Bonchev–Trinajstić information content (AvgIpc) is 2.06. The van der Waals surface area contributed by atoms with E-state index in [1.807, 2.05) is 0 Å². The quantitative estimate of drug-likeness (QED) is 0.608. The van der Waals surface area contributed by atoms with Gasteiger partial charge in [0.25, 0.3) is 0 Å². The first-order valence-corrected chi connectivity index (χ1v) is 5.30. The van der Waals surface area contributed by atoms with Crippen molar-refractivity contribution in [1.82, 2.24) is 4.98 Å². The van der Waals surface area contributed by atoms with Crippen LogP contribution >= 0.6 is 31.9 Å². The second-order valence-electron chi connectivity index (χ2n) is 2.30. The zero-order chi connectivity index (χ0) is 10.8. The van der Waals surface area contributed by atoms with Gasteiger partial charge in [0.15, 0.2) is 5.75 Å². The highest BCUT2D eigenvalue weighted by Crippen LogP contribution is 2.28. The molecule has 0 unspecified atom stereocenters. The minimum atomic E-state index is -4.69. The molecule has 1 aromatic heterocycles. The number of halogens is 5. The number of hydrogen-bond donors (Lipinski definition) is 0. The van der Waals surface area contributed by atoms with Gasteiger partial charge in [0.2, 0.25) is 0 Å². The minimum absolute atomic E-state index is 0.263. The standard InChI is InChI=1S/C7H4Br2F3NO/c8-2-4-1-6(9)13-3-5(4)14-7(10,11)12/h1,3H,2H2. The van der Waals surface area contributed by atoms with Crippen molar-refractivity contribution >= 4 is 31.9 Å². The summed E-state index contributed by atoms with van der Waals surface area (Å²) in [7, 11) is 0. The smallest absolute Gasteiger partial charge is 0.404 e. The van der Waals surface area contributed by atoms with E-state index in [1.165, 1.54) is 6.07 Å². The van der Waals surface area contributed by atoms with Gasteiger partial charge in [-0.3, -0.25) is 0 Å². The summed E-state index contributed by atoms with van der Waals surface area (Å²) in [5, 5.41) is 0.263. The van der Waals surface area contributed by atoms with Gasteiger partial charge in [-0.05, 0) is 22.0 Å². The van der Waals surface area contributed by atoms with Gasteiger partial charge in [-0.25, -0.2) is 4.98 Å². The van der Waals surface area contributed by atoms with Gasteiger partial charge in [0.05, 0.1) is 6.20 Å². The number of pyridine rings is 1. The lowest BCUT2D eigenvalue weighted by Gasteiger charge is -2.11. The Morgan fingerprint density at radius 3 is 2.57 bits per heavy atom. The van der Waals surface area contributed by atoms with Gasteiger partial charge in [-0.1, -0.05) is 15.9 Å². The highest BCUT2D eigenvalue weighted by atomic mass is 79.9. The highest BCUT2D eigenvalue weighted by Gasteiger charge is 2.32. The molecule has 0 atom stereocenters. The lowest BCUT2D eigenvalue weighted by Crippen LogP contribution is -2.18. The maximum absolute atomic E-state index is 11.9. The zero-order valence-electron chi connectivity index (χ0n) is 6.61. The number of nitrogens with zero attached hydrogens (tertiary/aromatic N) is 1. The molecule has 1 aromatic rings. The van der Waals surface area contributed by atoms with E-state index in [0.29, 0.717) is 10.2 Å². The molecule has 0 spiro atoms. The van der Waals surface area contributed by atoms with Gasteiger partial charge >= 0.3 is 6.36 Å². The summed E-state index contributed by atoms with van der Waals surface area (Å²) in [6, 6.07) is 1.45. The SMILES string of the molecule is FC(F)(F)Oc1cnc(Br)cc1CBr. The monoisotopic (exact) mass is 333 g/mol. The number of rotatable bonds is 2. The molecule has 2 nitrogen and oxygen atoms in total. The number of alkyl halides is 4. The van der Waals surface area contributed by atoms with Crippen LogP contribution in [0.3, 0.4) is 0 Å². The predicted octanol–water partition coefficient (Wildman–Crippen LogP) is 3.64. The second kappa shape index (κ2) is 4.48. The summed E-state index contributed by atoms with van der Waals surface area (Å²) in [4.78, 5) is 3.64. The van der Waals surface area contributed by atoms with Crippen LogP contribution in [0.1, 0.15) is 5.56 Å². The van der Waals surface area contributed by atoms with Crippen molar-refractivity contribution in [3.8, 4) is 5.75 Å². The topological polar surface area (TPSA) is 22.1 Å². The van der Waals surface area contributed by atoms with Crippen LogP contribution in [0.5, 0.6) is 5.75 Å². The summed E-state index contributed by atoms with van der Waals surface area (Å²) in [5.41, 5.74) is 0.379. The van der Waals surface area contributed by atoms with Crippen LogP contribution in [-0.2, 0) is 5.33 Å². The number of ether oxygens (including phenoxy) is 1.